The number of rotatable bonds is 4. The summed E-state index contributed by atoms with van der Waals surface area (Å²) in [5.74, 6) is 1.53. The van der Waals surface area contributed by atoms with Gasteiger partial charge >= 0.3 is 0 Å². The number of carbonyl (C=O) groups excluding carboxylic acids is 1. The monoisotopic (exact) mass is 331 g/mol. The third kappa shape index (κ3) is 3.82. The maximum Gasteiger partial charge on any atom is 0.242 e. The minimum atomic E-state index is -0.193. The van der Waals surface area contributed by atoms with E-state index in [-0.39, 0.29) is 14.8 Å². The van der Waals surface area contributed by atoms with Crippen LogP contribution in [0.1, 0.15) is 40.3 Å². The molecule has 0 unspecified atom stereocenters. The molecule has 0 saturated carbocycles. The maximum absolute atomic E-state index is 12.6. The molecule has 0 aromatic carbocycles. The molecule has 3 rings (SSSR count). The largest absolute Gasteiger partial charge is 0.309 e. The molecule has 3 atom stereocenters. The van der Waals surface area contributed by atoms with Crippen LogP contribution in [0.3, 0.4) is 0 Å². The molecule has 1 amide bonds. The van der Waals surface area contributed by atoms with E-state index < -0.39 is 0 Å². The van der Waals surface area contributed by atoms with Gasteiger partial charge in [-0.05, 0) is 43.9 Å². The smallest absolute Gasteiger partial charge is 0.242 e. The van der Waals surface area contributed by atoms with Crippen molar-refractivity contribution in [2.75, 3.05) is 18.4 Å². The molecule has 2 aromatic heterocycles. The van der Waals surface area contributed by atoms with Crippen molar-refractivity contribution >= 4 is 11.7 Å². The number of pyridine rings is 1. The molecule has 0 spiro atoms. The van der Waals surface area contributed by atoms with E-state index in [1.807, 2.05) is 32.0 Å². The summed E-state index contributed by atoms with van der Waals surface area (Å²) in [6, 6.07) is 5.62. The summed E-state index contributed by atoms with van der Waals surface area (Å²) in [7, 11) is 0. The quantitative estimate of drug-likeness (QED) is 0.903. The van der Waals surface area contributed by atoms with E-state index in [1.54, 1.807) is 12.4 Å². The minimum Gasteiger partial charge on any atom is -0.309 e. The van der Waals surface area contributed by atoms with Crippen LogP contribution in [-0.2, 0) is 4.79 Å². The fraction of sp³-hybridized carbons (Fsp3) is 0.500. The Kier molecular flexibility index (Phi) is 4.94. The van der Waals surface area contributed by atoms with Crippen LogP contribution < -0.4 is 5.32 Å². The van der Waals surface area contributed by atoms with Gasteiger partial charge in [-0.2, -0.15) is 5.10 Å². The Morgan fingerprint density at radius 2 is 2.25 bits per heavy atom. The Hall–Kier alpha value is -2.21. The van der Waals surface area contributed by atoms with Crippen molar-refractivity contribution in [3.63, 3.8) is 0 Å². The molecule has 0 radical (unpaired) electrons. The molecule has 1 aliphatic heterocycles. The molecule has 3 heterocycles. The second-order valence-electron chi connectivity index (χ2n) is 6.89. The standard InChI is InChI=1S/C18H25N5O.2H2/c1-12-4-5-17(19-9-12)21-18(24)14(3)23-10-13(2)8-15(11-23)16-6-7-20-22-16;;/h4-7,9,13-15H,8,10-11H2,1-3H3,(H,20,22)(H,19,21,24);2*1H/t13-,14+,15-;;/m1../s1. The SMILES string of the molecule is Cc1ccc(NC(=O)[C@H](C)N2C[C@H](C)C[C@@H](c3ccn[nH]3)C2)nc1.[HH].[HH]. The summed E-state index contributed by atoms with van der Waals surface area (Å²) in [4.78, 5) is 19.1. The first-order valence-corrected chi connectivity index (χ1v) is 8.49. The van der Waals surface area contributed by atoms with Crippen LogP contribution in [0.25, 0.3) is 0 Å². The van der Waals surface area contributed by atoms with Gasteiger partial charge in [-0.3, -0.25) is 14.8 Å². The van der Waals surface area contributed by atoms with Crippen LogP contribution in [-0.4, -0.2) is 45.1 Å². The highest BCUT2D eigenvalue weighted by Gasteiger charge is 2.31. The van der Waals surface area contributed by atoms with Crippen LogP contribution in [0, 0.1) is 12.8 Å². The van der Waals surface area contributed by atoms with Crippen molar-refractivity contribution in [1.29, 1.82) is 0 Å². The van der Waals surface area contributed by atoms with Gasteiger partial charge in [0.25, 0.3) is 0 Å². The van der Waals surface area contributed by atoms with Gasteiger partial charge in [0.2, 0.25) is 5.91 Å². The van der Waals surface area contributed by atoms with E-state index in [9.17, 15) is 4.79 Å². The summed E-state index contributed by atoms with van der Waals surface area (Å²) in [6.45, 7) is 7.97. The van der Waals surface area contributed by atoms with Crippen LogP contribution in [0.4, 0.5) is 5.82 Å². The molecule has 2 N–H and O–H groups in total. The van der Waals surface area contributed by atoms with Crippen molar-refractivity contribution in [3.8, 4) is 0 Å². The number of nitrogens with one attached hydrogen (secondary N) is 2. The summed E-state index contributed by atoms with van der Waals surface area (Å²) in [6.07, 6.45) is 4.67. The maximum atomic E-state index is 12.6. The number of carbonyl (C=O) groups is 1. The topological polar surface area (TPSA) is 73.9 Å². The van der Waals surface area contributed by atoms with E-state index in [0.29, 0.717) is 17.7 Å². The molecule has 1 saturated heterocycles. The van der Waals surface area contributed by atoms with Gasteiger partial charge < -0.3 is 5.32 Å². The highest BCUT2D eigenvalue weighted by molar-refractivity contribution is 5.93. The molecule has 1 aliphatic rings. The Morgan fingerprint density at radius 3 is 2.92 bits per heavy atom. The second-order valence-corrected chi connectivity index (χ2v) is 6.89. The molecule has 1 fully saturated rings. The second kappa shape index (κ2) is 7.13. The first-order valence-electron chi connectivity index (χ1n) is 8.49. The Bertz CT molecular complexity index is 677. The first kappa shape index (κ1) is 16.6. The fourth-order valence-corrected chi connectivity index (χ4v) is 3.37. The fourth-order valence-electron chi connectivity index (χ4n) is 3.37. The Balaban J connectivity index is 0.00000169. The first-order chi connectivity index (χ1) is 11.5. The lowest BCUT2D eigenvalue weighted by Crippen LogP contribution is -2.48. The van der Waals surface area contributed by atoms with Crippen LogP contribution in [0.5, 0.6) is 0 Å². The van der Waals surface area contributed by atoms with Crippen molar-refractivity contribution in [2.45, 2.75) is 39.2 Å². The molecule has 0 bridgehead atoms. The van der Waals surface area contributed by atoms with Crippen molar-refractivity contribution < 1.29 is 7.65 Å². The molecule has 0 aliphatic carbocycles. The predicted molar refractivity (Wildman–Crippen MR) is 98.0 cm³/mol. The molecule has 2 aromatic rings. The lowest BCUT2D eigenvalue weighted by atomic mass is 9.87. The van der Waals surface area contributed by atoms with E-state index in [0.717, 1.165) is 30.8 Å². The number of aromatic nitrogens is 3. The van der Waals surface area contributed by atoms with Crippen molar-refractivity contribution in [2.24, 2.45) is 5.92 Å². The number of hydrogen-bond donors (Lipinski definition) is 2. The number of nitrogens with zero attached hydrogens (tertiary/aromatic N) is 3. The molecule has 24 heavy (non-hydrogen) atoms. The number of piperidine rings is 1. The summed E-state index contributed by atoms with van der Waals surface area (Å²) < 4.78 is 0. The van der Waals surface area contributed by atoms with Crippen LogP contribution in [0.2, 0.25) is 0 Å². The number of anilines is 1. The average Bonchev–Trinajstić information content (AvgIpc) is 3.10. The summed E-state index contributed by atoms with van der Waals surface area (Å²) in [5.41, 5.74) is 2.23. The number of amides is 1. The third-order valence-electron chi connectivity index (χ3n) is 4.74. The van der Waals surface area contributed by atoms with E-state index in [4.69, 9.17) is 0 Å². The van der Waals surface area contributed by atoms with Crippen molar-refractivity contribution in [3.05, 3.63) is 41.9 Å². The lowest BCUT2D eigenvalue weighted by Gasteiger charge is -2.38. The average molecular weight is 331 g/mol. The Labute approximate surface area is 145 Å². The zero-order chi connectivity index (χ0) is 17.1. The number of aromatic amines is 1. The highest BCUT2D eigenvalue weighted by atomic mass is 16.2. The normalized spacial score (nSPS) is 23.0. The predicted octanol–water partition coefficient (Wildman–Crippen LogP) is 3.06. The van der Waals surface area contributed by atoms with E-state index >= 15 is 0 Å². The van der Waals surface area contributed by atoms with E-state index in [2.05, 4.69) is 32.3 Å². The number of H-pyrrole nitrogens is 1. The third-order valence-corrected chi connectivity index (χ3v) is 4.74. The van der Waals surface area contributed by atoms with Crippen molar-refractivity contribution in [1.82, 2.24) is 20.1 Å². The number of likely N-dealkylation sites (tertiary alicyclic amines) is 1. The summed E-state index contributed by atoms with van der Waals surface area (Å²) in [5, 5.41) is 10.1. The number of hydrogen-bond acceptors (Lipinski definition) is 4. The van der Waals surface area contributed by atoms with Gasteiger partial charge in [0.1, 0.15) is 5.82 Å². The Morgan fingerprint density at radius 1 is 1.42 bits per heavy atom. The summed E-state index contributed by atoms with van der Waals surface area (Å²) >= 11 is 0. The van der Waals surface area contributed by atoms with Crippen LogP contribution >= 0.6 is 0 Å². The lowest BCUT2D eigenvalue weighted by molar-refractivity contribution is -0.121. The highest BCUT2D eigenvalue weighted by Crippen LogP contribution is 2.30. The van der Waals surface area contributed by atoms with E-state index in [1.165, 1.54) is 0 Å². The minimum absolute atomic E-state index is 0. The molecule has 6 nitrogen and oxygen atoms in total. The van der Waals surface area contributed by atoms with Gasteiger partial charge in [-0.25, -0.2) is 4.98 Å². The number of aryl methyl sites for hydroxylation is 1. The molecule has 6 heteroatoms. The zero-order valence-electron chi connectivity index (χ0n) is 14.5. The van der Waals surface area contributed by atoms with Gasteiger partial charge in [-0.15, -0.1) is 0 Å². The van der Waals surface area contributed by atoms with Gasteiger partial charge in [0.05, 0.1) is 6.04 Å². The molecular weight excluding hydrogens is 302 g/mol. The van der Waals surface area contributed by atoms with Gasteiger partial charge in [-0.1, -0.05) is 13.0 Å². The zero-order valence-corrected chi connectivity index (χ0v) is 14.5. The molecule has 132 valence electrons. The van der Waals surface area contributed by atoms with Gasteiger partial charge in [0, 0.05) is 39.9 Å². The van der Waals surface area contributed by atoms with Gasteiger partial charge in [0.15, 0.2) is 0 Å². The van der Waals surface area contributed by atoms with Crippen LogP contribution in [0.15, 0.2) is 30.6 Å². The molecular formula is C18H29N5O.